The quantitative estimate of drug-likeness (QED) is 0.526. The molecule has 1 aromatic carbocycles. The Labute approximate surface area is 184 Å². The van der Waals surface area contributed by atoms with Gasteiger partial charge < -0.3 is 10.1 Å². The molecule has 1 N–H and O–H groups in total. The maximum Gasteiger partial charge on any atom is 0.341 e. The Morgan fingerprint density at radius 3 is 2.67 bits per heavy atom. The molecular formula is C21H23ClN4O3S. The van der Waals surface area contributed by atoms with Crippen molar-refractivity contribution >= 4 is 39.8 Å². The summed E-state index contributed by atoms with van der Waals surface area (Å²) in [5.41, 5.74) is 2.88. The van der Waals surface area contributed by atoms with Crippen LogP contribution in [0.3, 0.4) is 0 Å². The van der Waals surface area contributed by atoms with E-state index in [4.69, 9.17) is 16.3 Å². The van der Waals surface area contributed by atoms with Gasteiger partial charge in [0, 0.05) is 40.8 Å². The number of halogens is 1. The fourth-order valence-electron chi connectivity index (χ4n) is 3.04. The van der Waals surface area contributed by atoms with Crippen LogP contribution in [0, 0.1) is 0 Å². The number of aromatic nitrogens is 2. The topological polar surface area (TPSA) is 76.5 Å². The lowest BCUT2D eigenvalue weighted by molar-refractivity contribution is -0.117. The first kappa shape index (κ1) is 22.0. The largest absolute Gasteiger partial charge is 0.465 e. The van der Waals surface area contributed by atoms with Crippen molar-refractivity contribution in [3.05, 3.63) is 58.2 Å². The number of nitrogens with one attached hydrogen (secondary N) is 1. The summed E-state index contributed by atoms with van der Waals surface area (Å²) < 4.78 is 6.79. The van der Waals surface area contributed by atoms with Crippen molar-refractivity contribution in [3.8, 4) is 11.1 Å². The zero-order valence-electron chi connectivity index (χ0n) is 17.0. The van der Waals surface area contributed by atoms with Crippen LogP contribution >= 0.6 is 22.9 Å². The van der Waals surface area contributed by atoms with Crippen LogP contribution < -0.4 is 5.32 Å². The van der Waals surface area contributed by atoms with Gasteiger partial charge in [-0.15, -0.1) is 11.3 Å². The third-order valence-corrected chi connectivity index (χ3v) is 5.61. The maximum absolute atomic E-state index is 12.6. The number of aryl methyl sites for hydroxylation is 1. The number of hydrogen-bond acceptors (Lipinski definition) is 6. The summed E-state index contributed by atoms with van der Waals surface area (Å²) in [7, 11) is 3.18. The number of likely N-dealkylation sites (N-methyl/N-ethyl adjacent to an activating group) is 1. The number of benzene rings is 1. The highest BCUT2D eigenvalue weighted by molar-refractivity contribution is 7.15. The average Bonchev–Trinajstić information content (AvgIpc) is 3.34. The van der Waals surface area contributed by atoms with E-state index < -0.39 is 5.97 Å². The van der Waals surface area contributed by atoms with Gasteiger partial charge in [0.1, 0.15) is 10.6 Å². The van der Waals surface area contributed by atoms with Gasteiger partial charge in [0.2, 0.25) is 5.91 Å². The third kappa shape index (κ3) is 5.27. The molecule has 2 heterocycles. The second kappa shape index (κ2) is 9.88. The number of hydrogen-bond donors (Lipinski definition) is 1. The normalized spacial score (nSPS) is 11.0. The number of esters is 1. The van der Waals surface area contributed by atoms with Gasteiger partial charge in [0.15, 0.2) is 0 Å². The average molecular weight is 447 g/mol. The zero-order valence-corrected chi connectivity index (χ0v) is 18.6. The highest BCUT2D eigenvalue weighted by Gasteiger charge is 2.22. The minimum atomic E-state index is -0.503. The van der Waals surface area contributed by atoms with Crippen LogP contribution in [-0.2, 0) is 22.6 Å². The first-order valence-electron chi connectivity index (χ1n) is 9.36. The first-order valence-corrected chi connectivity index (χ1v) is 10.6. The summed E-state index contributed by atoms with van der Waals surface area (Å²) in [6.45, 7) is 3.59. The zero-order chi connectivity index (χ0) is 21.7. The SMILES string of the molecule is CCn1cc(CN(C)CC(=O)Nc2scc(-c3ccc(Cl)cc3)c2C(=O)OC)cn1. The highest BCUT2D eigenvalue weighted by atomic mass is 35.5. The van der Waals surface area contributed by atoms with E-state index in [2.05, 4.69) is 10.4 Å². The summed E-state index contributed by atoms with van der Waals surface area (Å²) in [6, 6.07) is 7.16. The number of methoxy groups -OCH3 is 1. The lowest BCUT2D eigenvalue weighted by Gasteiger charge is -2.15. The van der Waals surface area contributed by atoms with E-state index in [0.717, 1.165) is 17.7 Å². The number of thiophene rings is 1. The maximum atomic E-state index is 12.6. The van der Waals surface area contributed by atoms with Crippen LogP contribution in [0.1, 0.15) is 22.8 Å². The number of rotatable bonds is 8. The van der Waals surface area contributed by atoms with E-state index in [1.807, 2.05) is 47.3 Å². The Hall–Kier alpha value is -2.68. The summed E-state index contributed by atoms with van der Waals surface area (Å²) in [5.74, 6) is -0.716. The van der Waals surface area contributed by atoms with Crippen molar-refractivity contribution in [1.82, 2.24) is 14.7 Å². The van der Waals surface area contributed by atoms with Gasteiger partial charge in [-0.05, 0) is 31.7 Å². The number of nitrogens with zero attached hydrogens (tertiary/aromatic N) is 3. The molecule has 0 spiro atoms. The highest BCUT2D eigenvalue weighted by Crippen LogP contribution is 2.36. The molecule has 3 aromatic rings. The molecule has 0 aliphatic heterocycles. The number of carbonyl (C=O) groups excluding carboxylic acids is 2. The monoisotopic (exact) mass is 446 g/mol. The number of ether oxygens (including phenoxy) is 1. The molecule has 1 amide bonds. The van der Waals surface area contributed by atoms with Crippen LogP contribution in [0.15, 0.2) is 42.0 Å². The van der Waals surface area contributed by atoms with Crippen molar-refractivity contribution < 1.29 is 14.3 Å². The van der Waals surface area contributed by atoms with Gasteiger partial charge >= 0.3 is 5.97 Å². The van der Waals surface area contributed by atoms with Crippen molar-refractivity contribution in [2.24, 2.45) is 0 Å². The number of carbonyl (C=O) groups is 2. The Morgan fingerprint density at radius 2 is 2.03 bits per heavy atom. The van der Waals surface area contributed by atoms with E-state index >= 15 is 0 Å². The minimum Gasteiger partial charge on any atom is -0.465 e. The summed E-state index contributed by atoms with van der Waals surface area (Å²) in [4.78, 5) is 26.9. The van der Waals surface area contributed by atoms with Crippen molar-refractivity contribution in [1.29, 1.82) is 0 Å². The minimum absolute atomic E-state index is 0.173. The molecule has 2 aromatic heterocycles. The molecule has 0 radical (unpaired) electrons. The predicted octanol–water partition coefficient (Wildman–Crippen LogP) is 4.14. The van der Waals surface area contributed by atoms with Crippen molar-refractivity contribution in [2.75, 3.05) is 26.0 Å². The van der Waals surface area contributed by atoms with E-state index in [1.54, 1.807) is 18.3 Å². The fraction of sp³-hybridized carbons (Fsp3) is 0.286. The standard InChI is InChI=1S/C21H23ClN4O3S/c1-4-26-11-14(9-23-26)10-25(2)12-18(27)24-20-19(21(28)29-3)17(13-30-20)15-5-7-16(22)8-6-15/h5-9,11,13H,4,10,12H2,1-3H3,(H,24,27). The van der Waals surface area contributed by atoms with Gasteiger partial charge in [-0.3, -0.25) is 14.4 Å². The molecule has 0 unspecified atom stereocenters. The first-order chi connectivity index (χ1) is 14.4. The summed E-state index contributed by atoms with van der Waals surface area (Å²) >= 11 is 7.25. The predicted molar refractivity (Wildman–Crippen MR) is 119 cm³/mol. The van der Waals surface area contributed by atoms with Crippen LogP contribution in [0.25, 0.3) is 11.1 Å². The third-order valence-electron chi connectivity index (χ3n) is 4.47. The van der Waals surface area contributed by atoms with Crippen LogP contribution in [0.4, 0.5) is 5.00 Å². The van der Waals surface area contributed by atoms with Gasteiger partial charge in [-0.25, -0.2) is 4.79 Å². The lowest BCUT2D eigenvalue weighted by Crippen LogP contribution is -2.30. The van der Waals surface area contributed by atoms with Crippen LogP contribution in [-0.4, -0.2) is 47.3 Å². The Morgan fingerprint density at radius 1 is 1.30 bits per heavy atom. The van der Waals surface area contributed by atoms with Gasteiger partial charge in [0.25, 0.3) is 0 Å². The smallest absolute Gasteiger partial charge is 0.341 e. The van der Waals surface area contributed by atoms with Crippen molar-refractivity contribution in [3.63, 3.8) is 0 Å². The van der Waals surface area contributed by atoms with Gasteiger partial charge in [-0.2, -0.15) is 5.10 Å². The molecule has 158 valence electrons. The molecule has 30 heavy (non-hydrogen) atoms. The fourth-order valence-corrected chi connectivity index (χ4v) is 4.14. The van der Waals surface area contributed by atoms with Gasteiger partial charge in [-0.1, -0.05) is 23.7 Å². The lowest BCUT2D eigenvalue weighted by atomic mass is 10.0. The molecule has 0 bridgehead atoms. The Balaban J connectivity index is 1.72. The Kier molecular flexibility index (Phi) is 7.25. The Bertz CT molecular complexity index is 1030. The van der Waals surface area contributed by atoms with E-state index in [9.17, 15) is 9.59 Å². The van der Waals surface area contributed by atoms with E-state index in [0.29, 0.717) is 27.7 Å². The molecule has 9 heteroatoms. The molecule has 0 atom stereocenters. The van der Waals surface area contributed by atoms with E-state index in [1.165, 1.54) is 18.4 Å². The molecule has 0 aliphatic carbocycles. The second-order valence-corrected chi connectivity index (χ2v) is 8.09. The summed E-state index contributed by atoms with van der Waals surface area (Å²) in [6.07, 6.45) is 3.76. The number of amides is 1. The molecule has 3 rings (SSSR count). The van der Waals surface area contributed by atoms with Crippen LogP contribution in [0.2, 0.25) is 5.02 Å². The molecule has 0 saturated carbocycles. The van der Waals surface area contributed by atoms with Crippen LogP contribution in [0.5, 0.6) is 0 Å². The number of anilines is 1. The molecule has 0 aliphatic rings. The second-order valence-electron chi connectivity index (χ2n) is 6.78. The molecule has 0 saturated heterocycles. The van der Waals surface area contributed by atoms with Gasteiger partial charge in [0.05, 0.1) is 19.9 Å². The summed E-state index contributed by atoms with van der Waals surface area (Å²) in [5, 5.41) is 9.99. The van der Waals surface area contributed by atoms with E-state index in [-0.39, 0.29) is 12.5 Å². The molecule has 7 nitrogen and oxygen atoms in total. The van der Waals surface area contributed by atoms with Crippen molar-refractivity contribution in [2.45, 2.75) is 20.0 Å². The molecular weight excluding hydrogens is 424 g/mol. The molecule has 0 fully saturated rings.